The highest BCUT2D eigenvalue weighted by Crippen LogP contribution is 2.42. The third-order valence-corrected chi connectivity index (χ3v) is 6.24. The van der Waals surface area contributed by atoms with Crippen molar-refractivity contribution in [1.29, 1.82) is 0 Å². The molecule has 1 heterocycles. The Kier molecular flexibility index (Phi) is 4.31. The van der Waals surface area contributed by atoms with E-state index in [2.05, 4.69) is 0 Å². The molecule has 0 fully saturated rings. The lowest BCUT2D eigenvalue weighted by molar-refractivity contribution is -0.137. The van der Waals surface area contributed by atoms with Crippen LogP contribution in [-0.4, -0.2) is 20.6 Å². The lowest BCUT2D eigenvalue weighted by atomic mass is 10.1. The summed E-state index contributed by atoms with van der Waals surface area (Å²) in [4.78, 5) is 0.00128. The van der Waals surface area contributed by atoms with E-state index in [4.69, 9.17) is 0 Å². The van der Waals surface area contributed by atoms with Crippen molar-refractivity contribution in [2.24, 2.45) is 0 Å². The number of sulfonamides is 1. The van der Waals surface area contributed by atoms with Gasteiger partial charge in [0, 0.05) is 0 Å². The Morgan fingerprint density at radius 2 is 1.72 bits per heavy atom. The molecule has 0 spiro atoms. The molecule has 1 atom stereocenters. The first-order valence-corrected chi connectivity index (χ1v) is 9.30. The maximum Gasteiger partial charge on any atom is 0.391 e. The number of rotatable bonds is 3. The van der Waals surface area contributed by atoms with Crippen molar-refractivity contribution in [3.63, 3.8) is 0 Å². The van der Waals surface area contributed by atoms with Crippen molar-refractivity contribution in [3.05, 3.63) is 59.2 Å². The van der Waals surface area contributed by atoms with E-state index >= 15 is 0 Å². The van der Waals surface area contributed by atoms with E-state index < -0.39 is 28.7 Å². The Bertz CT molecular complexity index is 890. The van der Waals surface area contributed by atoms with Gasteiger partial charge in [-0.1, -0.05) is 35.9 Å². The van der Waals surface area contributed by atoms with Gasteiger partial charge < -0.3 is 0 Å². The summed E-state index contributed by atoms with van der Waals surface area (Å²) in [5, 5.41) is 0. The van der Waals surface area contributed by atoms with Gasteiger partial charge in [0.1, 0.15) is 0 Å². The van der Waals surface area contributed by atoms with Crippen LogP contribution in [0.1, 0.15) is 23.1 Å². The molecule has 25 heavy (non-hydrogen) atoms. The Morgan fingerprint density at radius 3 is 2.32 bits per heavy atom. The van der Waals surface area contributed by atoms with Crippen LogP contribution in [0.4, 0.5) is 18.9 Å². The summed E-state index contributed by atoms with van der Waals surface area (Å²) in [7, 11) is -4.08. The summed E-state index contributed by atoms with van der Waals surface area (Å²) in [6.07, 6.45) is -5.56. The third-order valence-electron chi connectivity index (χ3n) is 4.37. The number of aryl methyl sites for hydroxylation is 2. The van der Waals surface area contributed by atoms with Gasteiger partial charge in [0.15, 0.2) is 0 Å². The number of fused-ring (bicyclic) bond motifs is 1. The molecule has 3 rings (SSSR count). The highest BCUT2D eigenvalue weighted by Gasteiger charge is 2.44. The Balaban J connectivity index is 2.13. The third kappa shape index (κ3) is 3.38. The average Bonchev–Trinajstić information content (AvgIpc) is 2.85. The molecule has 1 aliphatic rings. The topological polar surface area (TPSA) is 37.4 Å². The number of benzene rings is 2. The van der Waals surface area contributed by atoms with Crippen molar-refractivity contribution in [3.8, 4) is 0 Å². The molecule has 0 aliphatic carbocycles. The number of anilines is 1. The summed E-state index contributed by atoms with van der Waals surface area (Å²) < 4.78 is 66.3. The number of hydrogen-bond acceptors (Lipinski definition) is 2. The molecular formula is C18H18F3NO2S. The summed E-state index contributed by atoms with van der Waals surface area (Å²) in [5.41, 5.74) is 2.53. The molecule has 134 valence electrons. The summed E-state index contributed by atoms with van der Waals surface area (Å²) in [6.45, 7) is 3.53. The number of para-hydroxylation sites is 1. The first-order chi connectivity index (χ1) is 11.6. The Morgan fingerprint density at radius 1 is 1.08 bits per heavy atom. The fourth-order valence-corrected chi connectivity index (χ4v) is 5.03. The molecule has 0 N–H and O–H groups in total. The van der Waals surface area contributed by atoms with E-state index in [1.165, 1.54) is 12.1 Å². The van der Waals surface area contributed by atoms with Crippen molar-refractivity contribution in [2.75, 3.05) is 4.31 Å². The number of hydrogen-bond donors (Lipinski definition) is 0. The lowest BCUT2D eigenvalue weighted by Crippen LogP contribution is -2.40. The quantitative estimate of drug-likeness (QED) is 0.805. The van der Waals surface area contributed by atoms with E-state index in [0.29, 0.717) is 16.8 Å². The number of halogens is 3. The van der Waals surface area contributed by atoms with Gasteiger partial charge in [0.25, 0.3) is 10.0 Å². The molecule has 1 unspecified atom stereocenters. The van der Waals surface area contributed by atoms with Gasteiger partial charge in [-0.25, -0.2) is 8.42 Å². The fraction of sp³-hybridized carbons (Fsp3) is 0.333. The van der Waals surface area contributed by atoms with E-state index in [1.807, 2.05) is 6.92 Å². The maximum atomic E-state index is 13.1. The summed E-state index contributed by atoms with van der Waals surface area (Å²) >= 11 is 0. The molecule has 0 saturated heterocycles. The molecular weight excluding hydrogens is 351 g/mol. The highest BCUT2D eigenvalue weighted by atomic mass is 32.2. The smallest absolute Gasteiger partial charge is 0.262 e. The van der Waals surface area contributed by atoms with E-state index in [1.54, 1.807) is 37.3 Å². The van der Waals surface area contributed by atoms with Gasteiger partial charge in [-0.15, -0.1) is 0 Å². The largest absolute Gasteiger partial charge is 0.391 e. The van der Waals surface area contributed by atoms with Crippen molar-refractivity contribution >= 4 is 15.7 Å². The lowest BCUT2D eigenvalue weighted by Gasteiger charge is -2.28. The zero-order valence-electron chi connectivity index (χ0n) is 13.8. The minimum absolute atomic E-state index is 0.00128. The molecule has 3 nitrogen and oxygen atoms in total. The van der Waals surface area contributed by atoms with Crippen molar-refractivity contribution in [1.82, 2.24) is 0 Å². The summed E-state index contributed by atoms with van der Waals surface area (Å²) in [5.74, 6) is 0. The number of nitrogens with zero attached hydrogens (tertiary/aromatic N) is 1. The Hall–Kier alpha value is -2.02. The van der Waals surface area contributed by atoms with Crippen LogP contribution in [0.25, 0.3) is 0 Å². The molecule has 0 aromatic heterocycles. The Labute approximate surface area is 145 Å². The zero-order chi connectivity index (χ0) is 18.4. The second-order valence-electron chi connectivity index (χ2n) is 6.37. The second kappa shape index (κ2) is 6.05. The molecule has 0 radical (unpaired) electrons. The van der Waals surface area contributed by atoms with Crippen molar-refractivity contribution < 1.29 is 21.6 Å². The van der Waals surface area contributed by atoms with Crippen LogP contribution in [0.3, 0.4) is 0 Å². The predicted octanol–water partition coefficient (Wildman–Crippen LogP) is 4.38. The molecule has 0 amide bonds. The zero-order valence-corrected chi connectivity index (χ0v) is 14.7. The normalized spacial score (nSPS) is 17.6. The SMILES string of the molecule is Cc1ccc(S(=O)(=O)N2c3c(C)cccc3CC2CC(F)(F)F)cc1. The van der Waals surface area contributed by atoms with Crippen LogP contribution in [0, 0.1) is 13.8 Å². The van der Waals surface area contributed by atoms with Gasteiger partial charge in [-0.05, 0) is 43.5 Å². The van der Waals surface area contributed by atoms with Gasteiger partial charge in [-0.3, -0.25) is 4.31 Å². The molecule has 1 aliphatic heterocycles. The van der Waals surface area contributed by atoms with Crippen LogP contribution in [-0.2, 0) is 16.4 Å². The van der Waals surface area contributed by atoms with Gasteiger partial charge in [0.2, 0.25) is 0 Å². The first kappa shape index (κ1) is 17.8. The second-order valence-corrected chi connectivity index (χ2v) is 8.19. The minimum atomic E-state index is -4.44. The van der Waals surface area contributed by atoms with Crippen LogP contribution >= 0.6 is 0 Å². The van der Waals surface area contributed by atoms with Crippen LogP contribution < -0.4 is 4.31 Å². The minimum Gasteiger partial charge on any atom is -0.262 e. The van der Waals surface area contributed by atoms with Gasteiger partial charge in [0.05, 0.1) is 23.0 Å². The maximum absolute atomic E-state index is 13.1. The molecule has 7 heteroatoms. The standard InChI is InChI=1S/C18H18F3NO2S/c1-12-6-8-16(9-7-12)25(23,24)22-15(11-18(19,20)21)10-14-5-3-4-13(2)17(14)22/h3-9,15H,10-11H2,1-2H3. The van der Waals surface area contributed by atoms with Crippen molar-refractivity contribution in [2.45, 2.75) is 43.8 Å². The van der Waals surface area contributed by atoms with Crippen LogP contribution in [0.5, 0.6) is 0 Å². The van der Waals surface area contributed by atoms with E-state index in [0.717, 1.165) is 9.87 Å². The monoisotopic (exact) mass is 369 g/mol. The highest BCUT2D eigenvalue weighted by molar-refractivity contribution is 7.92. The molecule has 0 saturated carbocycles. The molecule has 2 aromatic carbocycles. The van der Waals surface area contributed by atoms with E-state index in [9.17, 15) is 21.6 Å². The first-order valence-electron chi connectivity index (χ1n) is 7.86. The molecule has 2 aromatic rings. The predicted molar refractivity (Wildman–Crippen MR) is 90.2 cm³/mol. The fourth-order valence-electron chi connectivity index (χ4n) is 3.28. The average molecular weight is 369 g/mol. The van der Waals surface area contributed by atoms with Crippen LogP contribution in [0.2, 0.25) is 0 Å². The number of alkyl halides is 3. The van der Waals surface area contributed by atoms with Gasteiger partial charge in [-0.2, -0.15) is 13.2 Å². The molecule has 0 bridgehead atoms. The van der Waals surface area contributed by atoms with E-state index in [-0.39, 0.29) is 11.3 Å². The van der Waals surface area contributed by atoms with Crippen LogP contribution in [0.15, 0.2) is 47.4 Å². The summed E-state index contributed by atoms with van der Waals surface area (Å²) in [6, 6.07) is 10.1. The van der Waals surface area contributed by atoms with Gasteiger partial charge >= 0.3 is 6.18 Å².